The summed E-state index contributed by atoms with van der Waals surface area (Å²) >= 11 is 0. The fourth-order valence-corrected chi connectivity index (χ4v) is 2.49. The molecule has 0 aliphatic carbocycles. The number of hydrogen-bond acceptors (Lipinski definition) is 2. The van der Waals surface area contributed by atoms with Gasteiger partial charge in [0.1, 0.15) is 0 Å². The summed E-state index contributed by atoms with van der Waals surface area (Å²) in [5.74, 6) is 1.07. The molecule has 0 fully saturated rings. The van der Waals surface area contributed by atoms with E-state index >= 15 is 0 Å². The minimum Gasteiger partial charge on any atom is -0.383 e. The van der Waals surface area contributed by atoms with Gasteiger partial charge in [-0.15, -0.1) is 0 Å². The summed E-state index contributed by atoms with van der Waals surface area (Å²) in [4.78, 5) is 4.26. The van der Waals surface area contributed by atoms with Crippen molar-refractivity contribution in [3.8, 4) is 0 Å². The number of methoxy groups -OCH3 is 1. The van der Waals surface area contributed by atoms with Gasteiger partial charge in [-0.1, -0.05) is 60.7 Å². The highest BCUT2D eigenvalue weighted by atomic mass is 16.5. The van der Waals surface area contributed by atoms with E-state index in [4.69, 9.17) is 4.74 Å². The predicted octanol–water partition coefficient (Wildman–Crippen LogP) is 2.63. The molecule has 2 aromatic rings. The Labute approximate surface area is 138 Å². The lowest BCUT2D eigenvalue weighted by molar-refractivity contribution is 0.203. The maximum absolute atomic E-state index is 5.06. The lowest BCUT2D eigenvalue weighted by atomic mass is 9.91. The van der Waals surface area contributed by atoms with Crippen molar-refractivity contribution in [2.75, 3.05) is 33.9 Å². The van der Waals surface area contributed by atoms with E-state index in [2.05, 4.69) is 64.2 Å². The Morgan fingerprint density at radius 2 is 1.52 bits per heavy atom. The highest BCUT2D eigenvalue weighted by molar-refractivity contribution is 5.79. The van der Waals surface area contributed by atoms with Gasteiger partial charge in [0.2, 0.25) is 0 Å². The van der Waals surface area contributed by atoms with Gasteiger partial charge in [0.15, 0.2) is 5.96 Å². The lowest BCUT2D eigenvalue weighted by Gasteiger charge is -2.20. The first-order valence-electron chi connectivity index (χ1n) is 7.88. The van der Waals surface area contributed by atoms with Crippen LogP contribution in [0.4, 0.5) is 0 Å². The van der Waals surface area contributed by atoms with Crippen LogP contribution in [0.1, 0.15) is 17.0 Å². The Morgan fingerprint density at radius 3 is 2.00 bits per heavy atom. The molecule has 0 bridgehead atoms. The fraction of sp³-hybridized carbons (Fsp3) is 0.316. The number of hydrogen-bond donors (Lipinski definition) is 2. The van der Waals surface area contributed by atoms with E-state index in [1.54, 1.807) is 14.2 Å². The van der Waals surface area contributed by atoms with E-state index in [0.717, 1.165) is 19.0 Å². The van der Waals surface area contributed by atoms with E-state index in [1.807, 2.05) is 12.1 Å². The first-order valence-corrected chi connectivity index (χ1v) is 7.88. The van der Waals surface area contributed by atoms with Crippen molar-refractivity contribution in [2.45, 2.75) is 5.92 Å². The van der Waals surface area contributed by atoms with E-state index in [1.165, 1.54) is 11.1 Å². The zero-order chi connectivity index (χ0) is 16.3. The molecule has 0 atom stereocenters. The van der Waals surface area contributed by atoms with Crippen LogP contribution in [0.2, 0.25) is 0 Å². The van der Waals surface area contributed by atoms with Crippen LogP contribution in [-0.2, 0) is 4.74 Å². The first-order chi connectivity index (χ1) is 11.3. The standard InChI is InChI=1S/C19H25N3O/c1-20-19(21-13-14-23-2)22-15-18(16-9-5-3-6-10-16)17-11-7-4-8-12-17/h3-12,18H,13-15H2,1-2H3,(H2,20,21,22). The largest absolute Gasteiger partial charge is 0.383 e. The van der Waals surface area contributed by atoms with Crippen LogP contribution in [0, 0.1) is 0 Å². The topological polar surface area (TPSA) is 45.7 Å². The third-order valence-corrected chi connectivity index (χ3v) is 3.70. The second-order valence-corrected chi connectivity index (χ2v) is 5.25. The van der Waals surface area contributed by atoms with Crippen molar-refractivity contribution < 1.29 is 4.74 Å². The molecule has 0 saturated carbocycles. The summed E-state index contributed by atoms with van der Waals surface area (Å²) in [6, 6.07) is 21.1. The number of nitrogens with zero attached hydrogens (tertiary/aromatic N) is 1. The summed E-state index contributed by atoms with van der Waals surface area (Å²) in [6.07, 6.45) is 0. The van der Waals surface area contributed by atoms with Gasteiger partial charge in [0.05, 0.1) is 6.61 Å². The molecule has 4 heteroatoms. The molecular weight excluding hydrogens is 286 g/mol. The molecule has 0 saturated heterocycles. The van der Waals surface area contributed by atoms with Crippen LogP contribution in [0.15, 0.2) is 65.7 Å². The summed E-state index contributed by atoms with van der Waals surface area (Å²) in [7, 11) is 3.47. The van der Waals surface area contributed by atoms with Crippen LogP contribution < -0.4 is 10.6 Å². The third-order valence-electron chi connectivity index (χ3n) is 3.70. The van der Waals surface area contributed by atoms with Crippen molar-refractivity contribution in [3.05, 3.63) is 71.8 Å². The Hall–Kier alpha value is -2.33. The monoisotopic (exact) mass is 311 g/mol. The minimum atomic E-state index is 0.276. The van der Waals surface area contributed by atoms with Crippen molar-refractivity contribution in [2.24, 2.45) is 4.99 Å². The molecular formula is C19H25N3O. The third kappa shape index (κ3) is 5.42. The first kappa shape index (κ1) is 17.0. The summed E-state index contributed by atoms with van der Waals surface area (Å²) < 4.78 is 5.06. The number of benzene rings is 2. The number of aliphatic imine (C=N–C) groups is 1. The van der Waals surface area contributed by atoms with Crippen molar-refractivity contribution in [1.82, 2.24) is 10.6 Å². The molecule has 122 valence electrons. The summed E-state index contributed by atoms with van der Waals surface area (Å²) in [5, 5.41) is 6.65. The number of guanidine groups is 1. The Bertz CT molecular complexity index is 545. The van der Waals surface area contributed by atoms with Gasteiger partial charge in [-0.2, -0.15) is 0 Å². The van der Waals surface area contributed by atoms with E-state index < -0.39 is 0 Å². The molecule has 23 heavy (non-hydrogen) atoms. The highest BCUT2D eigenvalue weighted by Gasteiger charge is 2.14. The molecule has 0 heterocycles. The molecule has 2 N–H and O–H groups in total. The molecule has 0 radical (unpaired) electrons. The van der Waals surface area contributed by atoms with Crippen LogP contribution in [-0.4, -0.2) is 39.8 Å². The van der Waals surface area contributed by atoms with E-state index in [-0.39, 0.29) is 5.92 Å². The molecule has 4 nitrogen and oxygen atoms in total. The average molecular weight is 311 g/mol. The summed E-state index contributed by atoms with van der Waals surface area (Å²) in [5.41, 5.74) is 2.58. The molecule has 0 aliphatic heterocycles. The van der Waals surface area contributed by atoms with E-state index in [9.17, 15) is 0 Å². The average Bonchev–Trinajstić information content (AvgIpc) is 2.62. The predicted molar refractivity (Wildman–Crippen MR) is 96.0 cm³/mol. The summed E-state index contributed by atoms with van der Waals surface area (Å²) in [6.45, 7) is 2.17. The SMILES string of the molecule is CN=C(NCCOC)NCC(c1ccccc1)c1ccccc1. The number of rotatable bonds is 7. The Morgan fingerprint density at radius 1 is 0.957 bits per heavy atom. The maximum atomic E-state index is 5.06. The van der Waals surface area contributed by atoms with Gasteiger partial charge in [0, 0.05) is 33.2 Å². The molecule has 2 aromatic carbocycles. The van der Waals surface area contributed by atoms with Gasteiger partial charge in [-0.3, -0.25) is 4.99 Å². The molecule has 0 spiro atoms. The molecule has 0 unspecified atom stereocenters. The Balaban J connectivity index is 2.07. The van der Waals surface area contributed by atoms with Gasteiger partial charge in [0.25, 0.3) is 0 Å². The fourth-order valence-electron chi connectivity index (χ4n) is 2.49. The van der Waals surface area contributed by atoms with Gasteiger partial charge >= 0.3 is 0 Å². The Kier molecular flexibility index (Phi) is 7.14. The van der Waals surface area contributed by atoms with Crippen molar-refractivity contribution in [1.29, 1.82) is 0 Å². The quantitative estimate of drug-likeness (QED) is 0.469. The van der Waals surface area contributed by atoms with E-state index in [0.29, 0.717) is 6.61 Å². The number of nitrogens with one attached hydrogen (secondary N) is 2. The molecule has 0 aromatic heterocycles. The second kappa shape index (κ2) is 9.64. The van der Waals surface area contributed by atoms with Crippen LogP contribution in [0.25, 0.3) is 0 Å². The zero-order valence-corrected chi connectivity index (χ0v) is 13.8. The van der Waals surface area contributed by atoms with Gasteiger partial charge < -0.3 is 15.4 Å². The minimum absolute atomic E-state index is 0.276. The van der Waals surface area contributed by atoms with Crippen molar-refractivity contribution >= 4 is 5.96 Å². The highest BCUT2D eigenvalue weighted by Crippen LogP contribution is 2.23. The smallest absolute Gasteiger partial charge is 0.191 e. The van der Waals surface area contributed by atoms with Gasteiger partial charge in [-0.25, -0.2) is 0 Å². The molecule has 2 rings (SSSR count). The van der Waals surface area contributed by atoms with Crippen LogP contribution in [0.5, 0.6) is 0 Å². The zero-order valence-electron chi connectivity index (χ0n) is 13.8. The van der Waals surface area contributed by atoms with Crippen molar-refractivity contribution in [3.63, 3.8) is 0 Å². The lowest BCUT2D eigenvalue weighted by Crippen LogP contribution is -2.40. The molecule has 0 amide bonds. The maximum Gasteiger partial charge on any atom is 0.191 e. The van der Waals surface area contributed by atoms with Crippen LogP contribution >= 0.6 is 0 Å². The van der Waals surface area contributed by atoms with Crippen LogP contribution in [0.3, 0.4) is 0 Å². The second-order valence-electron chi connectivity index (χ2n) is 5.25. The van der Waals surface area contributed by atoms with Gasteiger partial charge in [-0.05, 0) is 11.1 Å². The molecule has 0 aliphatic rings. The number of ether oxygens (including phenoxy) is 1. The normalized spacial score (nSPS) is 11.5.